The van der Waals surface area contributed by atoms with Gasteiger partial charge in [0.15, 0.2) is 5.69 Å². The van der Waals surface area contributed by atoms with Crippen LogP contribution in [0, 0.1) is 19.7 Å². The van der Waals surface area contributed by atoms with E-state index in [9.17, 15) is 22.4 Å². The van der Waals surface area contributed by atoms with E-state index in [2.05, 4.69) is 4.98 Å². The Morgan fingerprint density at radius 1 is 1.17 bits per heavy atom. The topological polar surface area (TPSA) is 52.3 Å². The number of para-hydroxylation sites is 2. The minimum Gasteiger partial charge on any atom is -0.494 e. The number of rotatable bonds is 5. The first-order valence-electron chi connectivity index (χ1n) is 11.4. The van der Waals surface area contributed by atoms with Crippen LogP contribution in [0.25, 0.3) is 11.0 Å². The number of hydrogen-bond acceptors (Lipinski definition) is 5. The smallest absolute Gasteiger partial charge is 0.434 e. The fourth-order valence-corrected chi connectivity index (χ4v) is 6.04. The molecule has 1 aliphatic heterocycles. The predicted octanol–water partition coefficient (Wildman–Crippen LogP) is 5.54. The number of aryl methyl sites for hydroxylation is 2. The van der Waals surface area contributed by atoms with Gasteiger partial charge in [0, 0.05) is 13.1 Å². The first kappa shape index (κ1) is 24.4. The highest BCUT2D eigenvalue weighted by molar-refractivity contribution is 7.11. The van der Waals surface area contributed by atoms with Gasteiger partial charge in [0.25, 0.3) is 0 Å². The Morgan fingerprint density at radius 2 is 1.92 bits per heavy atom. The van der Waals surface area contributed by atoms with Crippen molar-refractivity contribution in [2.75, 3.05) is 25.1 Å². The minimum atomic E-state index is -4.63. The number of methoxy groups -OCH3 is 1. The lowest BCUT2D eigenvalue weighted by molar-refractivity contribution is -0.141. The van der Waals surface area contributed by atoms with Gasteiger partial charge in [-0.1, -0.05) is 18.2 Å². The lowest BCUT2D eigenvalue weighted by Crippen LogP contribution is -2.30. The number of hydrogen-bond donors (Lipinski definition) is 0. The van der Waals surface area contributed by atoms with E-state index >= 15 is 0 Å². The van der Waals surface area contributed by atoms with E-state index in [1.807, 2.05) is 17.9 Å². The fraction of sp³-hybridized carbons (Fsp3) is 0.360. The van der Waals surface area contributed by atoms with Crippen LogP contribution in [-0.4, -0.2) is 34.3 Å². The summed E-state index contributed by atoms with van der Waals surface area (Å²) in [5, 5.41) is 0.271. The van der Waals surface area contributed by atoms with Crippen LogP contribution in [-0.2, 0) is 12.7 Å². The van der Waals surface area contributed by atoms with Gasteiger partial charge in [0.05, 0.1) is 40.8 Å². The molecule has 36 heavy (non-hydrogen) atoms. The van der Waals surface area contributed by atoms with Crippen molar-refractivity contribution in [1.29, 1.82) is 0 Å². The lowest BCUT2D eigenvalue weighted by atomic mass is 10.2. The lowest BCUT2D eigenvalue weighted by Gasteiger charge is -2.21. The molecule has 0 amide bonds. The second-order valence-corrected chi connectivity index (χ2v) is 10.2. The molecule has 0 N–H and O–H groups in total. The van der Waals surface area contributed by atoms with Crippen molar-refractivity contribution in [2.24, 2.45) is 0 Å². The van der Waals surface area contributed by atoms with Gasteiger partial charge in [-0.25, -0.2) is 14.2 Å². The van der Waals surface area contributed by atoms with Crippen LogP contribution in [0.3, 0.4) is 0 Å². The fourth-order valence-electron chi connectivity index (χ4n) is 5.09. The van der Waals surface area contributed by atoms with Gasteiger partial charge in [-0.3, -0.25) is 9.13 Å². The van der Waals surface area contributed by atoms with Crippen LogP contribution in [0.5, 0.6) is 5.75 Å². The Kier molecular flexibility index (Phi) is 6.06. The molecule has 1 aliphatic rings. The van der Waals surface area contributed by atoms with Crippen LogP contribution in [0.2, 0.25) is 0 Å². The Balaban J connectivity index is 1.61. The molecule has 1 fully saturated rings. The molecule has 11 heteroatoms. The second kappa shape index (κ2) is 8.95. The number of ether oxygens (including phenoxy) is 1. The number of aromatic nitrogens is 3. The van der Waals surface area contributed by atoms with Crippen LogP contribution >= 0.6 is 11.3 Å². The maximum atomic E-state index is 14.6. The SMILES string of the molecule is COc1cccc2c1n(Cc1sc(C)nc1C(F)(F)F)c(=O)n2C1CCN(c2c(C)cccc2F)C1. The molecule has 0 saturated carbocycles. The van der Waals surface area contributed by atoms with Crippen molar-refractivity contribution >= 4 is 28.1 Å². The first-order valence-corrected chi connectivity index (χ1v) is 12.2. The van der Waals surface area contributed by atoms with E-state index < -0.39 is 17.6 Å². The molecule has 2 aromatic carbocycles. The summed E-state index contributed by atoms with van der Waals surface area (Å²) in [5.74, 6) is 0.0605. The van der Waals surface area contributed by atoms with E-state index in [1.165, 1.54) is 24.7 Å². The molecule has 0 spiro atoms. The van der Waals surface area contributed by atoms with Gasteiger partial charge in [-0.2, -0.15) is 13.2 Å². The summed E-state index contributed by atoms with van der Waals surface area (Å²) in [7, 11) is 1.46. The monoisotopic (exact) mass is 520 g/mol. The molecule has 0 bridgehead atoms. The summed E-state index contributed by atoms with van der Waals surface area (Å²) in [6, 6.07) is 9.79. The number of anilines is 1. The number of thiazole rings is 1. The minimum absolute atomic E-state index is 0.0397. The number of halogens is 4. The van der Waals surface area contributed by atoms with Crippen molar-refractivity contribution < 1.29 is 22.3 Å². The van der Waals surface area contributed by atoms with Crippen LogP contribution < -0.4 is 15.3 Å². The Morgan fingerprint density at radius 3 is 2.61 bits per heavy atom. The number of benzene rings is 2. The van der Waals surface area contributed by atoms with Gasteiger partial charge in [-0.15, -0.1) is 11.3 Å². The molecule has 5 rings (SSSR count). The summed E-state index contributed by atoms with van der Waals surface area (Å²) < 4.78 is 64.0. The third-order valence-electron chi connectivity index (χ3n) is 6.57. The second-order valence-electron chi connectivity index (χ2n) is 8.86. The van der Waals surface area contributed by atoms with E-state index in [0.29, 0.717) is 42.0 Å². The van der Waals surface area contributed by atoms with Crippen molar-refractivity contribution in [2.45, 2.75) is 39.0 Å². The average molecular weight is 521 g/mol. The Labute approximate surface area is 208 Å². The third-order valence-corrected chi connectivity index (χ3v) is 7.53. The molecule has 4 aromatic rings. The average Bonchev–Trinajstić information content (AvgIpc) is 3.50. The van der Waals surface area contributed by atoms with Crippen LogP contribution in [0.1, 0.15) is 33.6 Å². The molecule has 190 valence electrons. The summed E-state index contributed by atoms with van der Waals surface area (Å²) >= 11 is 0.918. The van der Waals surface area contributed by atoms with Crippen molar-refractivity contribution in [1.82, 2.24) is 14.1 Å². The molecule has 1 atom stereocenters. The van der Waals surface area contributed by atoms with Gasteiger partial charge in [-0.05, 0) is 44.0 Å². The highest BCUT2D eigenvalue weighted by Gasteiger charge is 2.38. The van der Waals surface area contributed by atoms with Gasteiger partial charge >= 0.3 is 11.9 Å². The zero-order chi connectivity index (χ0) is 25.8. The molecule has 0 aliphatic carbocycles. The number of imidazole rings is 1. The number of alkyl halides is 3. The van der Waals surface area contributed by atoms with Crippen LogP contribution in [0.15, 0.2) is 41.2 Å². The first-order chi connectivity index (χ1) is 17.1. The predicted molar refractivity (Wildman–Crippen MR) is 131 cm³/mol. The third kappa shape index (κ3) is 4.04. The standard InChI is InChI=1S/C25H24F4N4O2S/c1-14-6-4-7-17(26)21(14)31-11-10-16(12-31)33-18-8-5-9-19(35-3)22(18)32(24(33)34)13-20-23(25(27,28)29)30-15(2)36-20/h4-9,16H,10-13H2,1-3H3. The molecule has 2 aromatic heterocycles. The summed E-state index contributed by atoms with van der Waals surface area (Å²) in [6.07, 6.45) is -4.05. The van der Waals surface area contributed by atoms with Crippen molar-refractivity contribution in [3.63, 3.8) is 0 Å². The van der Waals surface area contributed by atoms with Crippen molar-refractivity contribution in [3.8, 4) is 5.75 Å². The maximum absolute atomic E-state index is 14.6. The molecular formula is C25H24F4N4O2S. The van der Waals surface area contributed by atoms with E-state index in [4.69, 9.17) is 4.74 Å². The number of fused-ring (bicyclic) bond motifs is 1. The van der Waals surface area contributed by atoms with Gasteiger partial charge in [0.1, 0.15) is 17.1 Å². The summed E-state index contributed by atoms with van der Waals surface area (Å²) in [5.41, 5.74) is 0.869. The van der Waals surface area contributed by atoms with Crippen molar-refractivity contribution in [3.05, 3.63) is 73.8 Å². The van der Waals surface area contributed by atoms with E-state index in [0.717, 1.165) is 16.9 Å². The van der Waals surface area contributed by atoms with E-state index in [1.54, 1.807) is 28.8 Å². The quantitative estimate of drug-likeness (QED) is 0.324. The normalized spacial score (nSPS) is 16.3. The van der Waals surface area contributed by atoms with E-state index in [-0.39, 0.29) is 28.3 Å². The Hall–Kier alpha value is -3.34. The van der Waals surface area contributed by atoms with Crippen LogP contribution in [0.4, 0.5) is 23.2 Å². The molecular weight excluding hydrogens is 496 g/mol. The molecule has 0 radical (unpaired) electrons. The van der Waals surface area contributed by atoms with Gasteiger partial charge < -0.3 is 9.64 Å². The molecule has 1 saturated heterocycles. The maximum Gasteiger partial charge on any atom is 0.434 e. The largest absolute Gasteiger partial charge is 0.494 e. The molecule has 6 nitrogen and oxygen atoms in total. The zero-order valence-corrected chi connectivity index (χ0v) is 20.7. The summed E-state index contributed by atoms with van der Waals surface area (Å²) in [4.78, 5) is 19.3. The Bertz CT molecular complexity index is 1480. The summed E-state index contributed by atoms with van der Waals surface area (Å²) in [6.45, 7) is 4.00. The highest BCUT2D eigenvalue weighted by Crippen LogP contribution is 2.37. The molecule has 3 heterocycles. The zero-order valence-electron chi connectivity index (χ0n) is 19.9. The van der Waals surface area contributed by atoms with Gasteiger partial charge in [0.2, 0.25) is 0 Å². The number of nitrogens with zero attached hydrogens (tertiary/aromatic N) is 4. The molecule has 1 unspecified atom stereocenters. The highest BCUT2D eigenvalue weighted by atomic mass is 32.1.